The number of ketones is 1. The van der Waals surface area contributed by atoms with E-state index in [0.29, 0.717) is 9.79 Å². The van der Waals surface area contributed by atoms with Crippen LogP contribution in [0.5, 0.6) is 0 Å². The number of ether oxygens (including phenoxy) is 1. The first-order chi connectivity index (χ1) is 13.7. The SMILES string of the molecule is CCOC(=O)C(Sc1ccc([N+](=O)[O-])cc1)(Sc1ccc([N+](=O)[O-])cc1)C(C)=O. The number of benzene rings is 2. The van der Waals surface area contributed by atoms with Gasteiger partial charge in [-0.3, -0.25) is 25.0 Å². The lowest BCUT2D eigenvalue weighted by Gasteiger charge is -2.27. The van der Waals surface area contributed by atoms with Crippen LogP contribution in [-0.4, -0.2) is 32.3 Å². The van der Waals surface area contributed by atoms with Gasteiger partial charge in [0.05, 0.1) is 16.5 Å². The predicted molar refractivity (Wildman–Crippen MR) is 108 cm³/mol. The van der Waals surface area contributed by atoms with E-state index >= 15 is 0 Å². The van der Waals surface area contributed by atoms with Gasteiger partial charge in [-0.1, -0.05) is 23.5 Å². The van der Waals surface area contributed by atoms with Crippen molar-refractivity contribution in [3.8, 4) is 0 Å². The molecule has 0 saturated carbocycles. The van der Waals surface area contributed by atoms with Gasteiger partial charge < -0.3 is 4.74 Å². The molecular formula is C18H16N2O7S2. The van der Waals surface area contributed by atoms with Gasteiger partial charge in [-0.05, 0) is 38.1 Å². The van der Waals surface area contributed by atoms with E-state index in [4.69, 9.17) is 4.74 Å². The van der Waals surface area contributed by atoms with Crippen molar-refractivity contribution in [2.75, 3.05) is 6.61 Å². The highest BCUT2D eigenvalue weighted by molar-refractivity contribution is 8.20. The Kier molecular flexibility index (Phi) is 7.35. The minimum absolute atomic E-state index is 0.0511. The molecule has 29 heavy (non-hydrogen) atoms. The van der Waals surface area contributed by atoms with Crippen LogP contribution in [0, 0.1) is 20.2 Å². The summed E-state index contributed by atoms with van der Waals surface area (Å²) in [7, 11) is 0. The fourth-order valence-corrected chi connectivity index (χ4v) is 4.75. The van der Waals surface area contributed by atoms with E-state index in [2.05, 4.69) is 0 Å². The third-order valence-corrected chi connectivity index (χ3v) is 6.62. The molecule has 0 bridgehead atoms. The molecular weight excluding hydrogens is 420 g/mol. The van der Waals surface area contributed by atoms with Crippen molar-refractivity contribution in [2.45, 2.75) is 27.7 Å². The van der Waals surface area contributed by atoms with Crippen molar-refractivity contribution >= 4 is 46.7 Å². The number of rotatable bonds is 9. The smallest absolute Gasteiger partial charge is 0.341 e. The van der Waals surface area contributed by atoms with Crippen LogP contribution in [-0.2, 0) is 14.3 Å². The fourth-order valence-electron chi connectivity index (χ4n) is 2.22. The summed E-state index contributed by atoms with van der Waals surface area (Å²) in [6, 6.07) is 10.9. The van der Waals surface area contributed by atoms with Gasteiger partial charge in [-0.15, -0.1) is 0 Å². The summed E-state index contributed by atoms with van der Waals surface area (Å²) in [5, 5.41) is 21.7. The minimum atomic E-state index is -1.72. The van der Waals surface area contributed by atoms with E-state index < -0.39 is 25.7 Å². The highest BCUT2D eigenvalue weighted by atomic mass is 32.2. The summed E-state index contributed by atoms with van der Waals surface area (Å²) in [5.41, 5.74) is -0.246. The third kappa shape index (κ3) is 5.33. The predicted octanol–water partition coefficient (Wildman–Crippen LogP) is 4.24. The average molecular weight is 436 g/mol. The van der Waals surface area contributed by atoms with Gasteiger partial charge in [-0.2, -0.15) is 0 Å². The van der Waals surface area contributed by atoms with E-state index in [1.165, 1.54) is 55.5 Å². The van der Waals surface area contributed by atoms with E-state index in [1.807, 2.05) is 0 Å². The van der Waals surface area contributed by atoms with E-state index in [-0.39, 0.29) is 18.0 Å². The Bertz CT molecular complexity index is 871. The van der Waals surface area contributed by atoms with Crippen LogP contribution in [0.25, 0.3) is 0 Å². The molecule has 0 amide bonds. The van der Waals surface area contributed by atoms with Crippen LogP contribution in [0.4, 0.5) is 11.4 Å². The van der Waals surface area contributed by atoms with Crippen LogP contribution < -0.4 is 0 Å². The highest BCUT2D eigenvalue weighted by Gasteiger charge is 2.47. The van der Waals surface area contributed by atoms with Crippen molar-refractivity contribution in [3.05, 3.63) is 68.8 Å². The normalized spacial score (nSPS) is 11.0. The Morgan fingerprint density at radius 2 is 1.28 bits per heavy atom. The van der Waals surface area contributed by atoms with Gasteiger partial charge in [0.25, 0.3) is 11.4 Å². The standard InChI is InChI=1S/C18H16N2O7S2/c1-3-27-17(22)18(12(2)21,28-15-8-4-13(5-9-15)19(23)24)29-16-10-6-14(7-11-16)20(25)26/h4-11H,3H2,1-2H3. The first kappa shape index (κ1) is 22.4. The van der Waals surface area contributed by atoms with Gasteiger partial charge >= 0.3 is 5.97 Å². The number of nitro benzene ring substituents is 2. The van der Waals surface area contributed by atoms with E-state index in [0.717, 1.165) is 23.5 Å². The quantitative estimate of drug-likeness (QED) is 0.141. The molecule has 0 unspecified atom stereocenters. The zero-order chi connectivity index (χ0) is 21.6. The Hall–Kier alpha value is -2.92. The first-order valence-corrected chi connectivity index (χ1v) is 9.88. The molecule has 152 valence electrons. The number of hydrogen-bond acceptors (Lipinski definition) is 9. The van der Waals surface area contributed by atoms with Gasteiger partial charge in [0.1, 0.15) is 0 Å². The number of nitrogens with zero attached hydrogens (tertiary/aromatic N) is 2. The molecule has 2 aromatic carbocycles. The second kappa shape index (κ2) is 9.52. The second-order valence-electron chi connectivity index (χ2n) is 5.60. The van der Waals surface area contributed by atoms with Gasteiger partial charge in [0.2, 0.25) is 4.08 Å². The average Bonchev–Trinajstić information content (AvgIpc) is 2.68. The zero-order valence-electron chi connectivity index (χ0n) is 15.4. The van der Waals surface area contributed by atoms with Crippen LogP contribution in [0.15, 0.2) is 58.3 Å². The fraction of sp³-hybridized carbons (Fsp3) is 0.222. The molecule has 9 nitrogen and oxygen atoms in total. The second-order valence-corrected chi connectivity index (χ2v) is 8.43. The lowest BCUT2D eigenvalue weighted by Crippen LogP contribution is -2.40. The topological polar surface area (TPSA) is 130 Å². The number of nitro groups is 2. The van der Waals surface area contributed by atoms with Crippen LogP contribution >= 0.6 is 23.5 Å². The summed E-state index contributed by atoms with van der Waals surface area (Å²) in [5.74, 6) is -1.28. The molecule has 11 heteroatoms. The van der Waals surface area contributed by atoms with Crippen molar-refractivity contribution in [2.24, 2.45) is 0 Å². The molecule has 0 fully saturated rings. The summed E-state index contributed by atoms with van der Waals surface area (Å²) in [6.07, 6.45) is 0. The number of carbonyl (C=O) groups is 2. The molecule has 2 aromatic rings. The molecule has 0 aliphatic heterocycles. The molecule has 2 rings (SSSR count). The summed E-state index contributed by atoms with van der Waals surface area (Å²) in [4.78, 5) is 46.8. The zero-order valence-corrected chi connectivity index (χ0v) is 17.0. The van der Waals surface area contributed by atoms with Crippen molar-refractivity contribution < 1.29 is 24.2 Å². The Morgan fingerprint density at radius 3 is 1.55 bits per heavy atom. The Morgan fingerprint density at radius 1 is 0.897 bits per heavy atom. The molecule has 0 atom stereocenters. The largest absolute Gasteiger partial charge is 0.464 e. The monoisotopic (exact) mass is 436 g/mol. The number of Topliss-reactive ketones (excluding diaryl/α,β-unsaturated/α-hetero) is 1. The van der Waals surface area contributed by atoms with E-state index in [9.17, 15) is 29.8 Å². The van der Waals surface area contributed by atoms with Gasteiger partial charge in [0, 0.05) is 34.1 Å². The summed E-state index contributed by atoms with van der Waals surface area (Å²) >= 11 is 1.80. The lowest BCUT2D eigenvalue weighted by molar-refractivity contribution is -0.385. The van der Waals surface area contributed by atoms with Gasteiger partial charge in [-0.25, -0.2) is 4.79 Å². The minimum Gasteiger partial charge on any atom is -0.464 e. The third-order valence-electron chi connectivity index (χ3n) is 3.63. The van der Waals surface area contributed by atoms with Crippen LogP contribution in [0.1, 0.15) is 13.8 Å². The van der Waals surface area contributed by atoms with Gasteiger partial charge in [0.15, 0.2) is 5.78 Å². The maximum Gasteiger partial charge on any atom is 0.341 e. The Labute approximate surface area is 174 Å². The molecule has 0 aromatic heterocycles. The Balaban J connectivity index is 2.43. The molecule has 0 heterocycles. The number of non-ortho nitro benzene ring substituents is 2. The van der Waals surface area contributed by atoms with Crippen LogP contribution in [0.3, 0.4) is 0 Å². The molecule has 0 spiro atoms. The number of carbonyl (C=O) groups excluding carboxylic acids is 2. The molecule has 0 aliphatic rings. The molecule has 0 radical (unpaired) electrons. The van der Waals surface area contributed by atoms with Crippen LogP contribution in [0.2, 0.25) is 0 Å². The first-order valence-electron chi connectivity index (χ1n) is 8.24. The number of hydrogen-bond donors (Lipinski definition) is 0. The highest BCUT2D eigenvalue weighted by Crippen LogP contribution is 2.47. The van der Waals surface area contributed by atoms with Crippen molar-refractivity contribution in [3.63, 3.8) is 0 Å². The van der Waals surface area contributed by atoms with Crippen molar-refractivity contribution in [1.82, 2.24) is 0 Å². The lowest BCUT2D eigenvalue weighted by atomic mass is 10.3. The number of esters is 1. The summed E-state index contributed by atoms with van der Waals surface area (Å²) < 4.78 is 3.40. The van der Waals surface area contributed by atoms with Crippen molar-refractivity contribution in [1.29, 1.82) is 0 Å². The molecule has 0 aliphatic carbocycles. The molecule has 0 saturated heterocycles. The number of thioether (sulfide) groups is 2. The maximum absolute atomic E-state index is 12.8. The summed E-state index contributed by atoms with van der Waals surface area (Å²) in [6.45, 7) is 2.90. The molecule has 0 N–H and O–H groups in total. The van der Waals surface area contributed by atoms with E-state index in [1.54, 1.807) is 6.92 Å². The maximum atomic E-state index is 12.8.